The van der Waals surface area contributed by atoms with Gasteiger partial charge < -0.3 is 10.6 Å². The standard InChI is InChI=1S/C26H43N3O3/c1-15(2)27-24(32)29(16(3)4)23(31)20-9-8-18-17-7-10-21-26(6,14-12-22(30)28-21)19(17)11-13-25(18,20)5/h15-21H,7-14H2,1-6H3,(H,27,32)(H,28,30)/t17?,18?,19?,20?,21-,25+,26-/m1/s1. The smallest absolute Gasteiger partial charge is 0.324 e. The van der Waals surface area contributed by atoms with Crippen molar-refractivity contribution in [3.05, 3.63) is 0 Å². The summed E-state index contributed by atoms with van der Waals surface area (Å²) in [6.45, 7) is 12.5. The number of hydrogen-bond donors (Lipinski definition) is 2. The van der Waals surface area contributed by atoms with Crippen LogP contribution in [0.5, 0.6) is 0 Å². The van der Waals surface area contributed by atoms with Crippen LogP contribution in [0.1, 0.15) is 92.9 Å². The summed E-state index contributed by atoms with van der Waals surface area (Å²) in [6.07, 6.45) is 7.99. The van der Waals surface area contributed by atoms with E-state index in [9.17, 15) is 14.4 Å². The van der Waals surface area contributed by atoms with Crippen LogP contribution < -0.4 is 10.6 Å². The highest BCUT2D eigenvalue weighted by Crippen LogP contribution is 2.65. The number of rotatable bonds is 3. The number of carbonyl (C=O) groups excluding carboxylic acids is 3. The van der Waals surface area contributed by atoms with Crippen LogP contribution in [0.2, 0.25) is 0 Å². The van der Waals surface area contributed by atoms with Crippen LogP contribution in [0.3, 0.4) is 0 Å². The number of nitrogens with one attached hydrogen (secondary N) is 2. The van der Waals surface area contributed by atoms with E-state index in [2.05, 4.69) is 24.5 Å². The predicted octanol–water partition coefficient (Wildman–Crippen LogP) is 4.48. The second kappa shape index (κ2) is 8.32. The van der Waals surface area contributed by atoms with Crippen molar-refractivity contribution in [2.45, 2.75) is 111 Å². The van der Waals surface area contributed by atoms with E-state index >= 15 is 0 Å². The fraction of sp³-hybridized carbons (Fsp3) is 0.885. The Morgan fingerprint density at radius 3 is 2.31 bits per heavy atom. The first kappa shape index (κ1) is 23.6. The Labute approximate surface area is 193 Å². The highest BCUT2D eigenvalue weighted by atomic mass is 16.2. The first-order chi connectivity index (χ1) is 15.0. The fourth-order valence-electron chi connectivity index (χ4n) is 8.18. The lowest BCUT2D eigenvalue weighted by Gasteiger charge is -2.60. The van der Waals surface area contributed by atoms with E-state index in [1.807, 2.05) is 27.7 Å². The molecule has 4 fully saturated rings. The van der Waals surface area contributed by atoms with Gasteiger partial charge in [0.25, 0.3) is 0 Å². The van der Waals surface area contributed by atoms with Crippen LogP contribution in [0.15, 0.2) is 0 Å². The second-order valence-electron chi connectivity index (χ2n) is 12.2. The van der Waals surface area contributed by atoms with Gasteiger partial charge in [0, 0.05) is 30.5 Å². The van der Waals surface area contributed by atoms with E-state index in [0.29, 0.717) is 30.2 Å². The third-order valence-electron chi connectivity index (χ3n) is 9.78. The third-order valence-corrected chi connectivity index (χ3v) is 9.78. The molecule has 1 heterocycles. The molecule has 4 unspecified atom stereocenters. The molecule has 0 aromatic rings. The van der Waals surface area contributed by atoms with Gasteiger partial charge in [-0.25, -0.2) is 4.79 Å². The number of piperidine rings is 1. The van der Waals surface area contributed by atoms with Gasteiger partial charge in [0.2, 0.25) is 11.8 Å². The van der Waals surface area contributed by atoms with E-state index < -0.39 is 0 Å². The van der Waals surface area contributed by atoms with E-state index in [1.165, 1.54) is 4.90 Å². The number of amides is 4. The van der Waals surface area contributed by atoms with Crippen LogP contribution in [0.25, 0.3) is 0 Å². The molecule has 0 radical (unpaired) electrons. The van der Waals surface area contributed by atoms with Crippen LogP contribution in [-0.4, -0.2) is 40.9 Å². The van der Waals surface area contributed by atoms with E-state index in [1.54, 1.807) is 0 Å². The Kier molecular flexibility index (Phi) is 6.13. The Hall–Kier alpha value is -1.59. The van der Waals surface area contributed by atoms with Gasteiger partial charge in [0.15, 0.2) is 0 Å². The molecule has 3 saturated carbocycles. The van der Waals surface area contributed by atoms with Crippen molar-refractivity contribution in [3.8, 4) is 0 Å². The molecule has 0 spiro atoms. The molecular formula is C26H43N3O3. The summed E-state index contributed by atoms with van der Waals surface area (Å²) in [5.41, 5.74) is 0.145. The molecule has 4 rings (SSSR count). The molecule has 6 nitrogen and oxygen atoms in total. The average Bonchev–Trinajstić information content (AvgIpc) is 3.05. The van der Waals surface area contributed by atoms with Crippen molar-refractivity contribution in [1.29, 1.82) is 0 Å². The number of urea groups is 1. The Morgan fingerprint density at radius 1 is 0.969 bits per heavy atom. The number of nitrogens with zero attached hydrogens (tertiary/aromatic N) is 1. The lowest BCUT2D eigenvalue weighted by atomic mass is 9.47. The number of hydrogen-bond acceptors (Lipinski definition) is 3. The molecule has 3 aliphatic carbocycles. The maximum Gasteiger partial charge on any atom is 0.324 e. The SMILES string of the molecule is CC(C)NC(=O)N(C(=O)C1CCC2C3CC[C@H]4NC(=O)CC[C@]4(C)C3CC[C@]12C)C(C)C. The van der Waals surface area contributed by atoms with Gasteiger partial charge in [-0.2, -0.15) is 0 Å². The fourth-order valence-corrected chi connectivity index (χ4v) is 8.18. The summed E-state index contributed by atoms with van der Waals surface area (Å²) in [4.78, 5) is 40.2. The van der Waals surface area contributed by atoms with Gasteiger partial charge in [-0.3, -0.25) is 14.5 Å². The van der Waals surface area contributed by atoms with Crippen LogP contribution in [0.4, 0.5) is 4.79 Å². The molecule has 0 aromatic heterocycles. The van der Waals surface area contributed by atoms with Gasteiger partial charge in [0.05, 0.1) is 0 Å². The van der Waals surface area contributed by atoms with Crippen molar-refractivity contribution in [2.24, 2.45) is 34.5 Å². The van der Waals surface area contributed by atoms with Crippen molar-refractivity contribution < 1.29 is 14.4 Å². The lowest BCUT2D eigenvalue weighted by molar-refractivity contribution is -0.146. The molecule has 0 bridgehead atoms. The van der Waals surface area contributed by atoms with Gasteiger partial charge in [-0.15, -0.1) is 0 Å². The van der Waals surface area contributed by atoms with Crippen LogP contribution in [-0.2, 0) is 9.59 Å². The number of imide groups is 1. The van der Waals surface area contributed by atoms with Gasteiger partial charge >= 0.3 is 6.03 Å². The zero-order valence-electron chi connectivity index (χ0n) is 20.9. The summed E-state index contributed by atoms with van der Waals surface area (Å²) < 4.78 is 0. The van der Waals surface area contributed by atoms with Crippen molar-refractivity contribution >= 4 is 17.8 Å². The number of fused-ring (bicyclic) bond motifs is 5. The second-order valence-corrected chi connectivity index (χ2v) is 12.2. The van der Waals surface area contributed by atoms with Crippen molar-refractivity contribution in [2.75, 3.05) is 0 Å². The molecule has 4 amide bonds. The largest absolute Gasteiger partial charge is 0.353 e. The van der Waals surface area contributed by atoms with Gasteiger partial charge in [-0.1, -0.05) is 13.8 Å². The molecule has 4 aliphatic rings. The lowest BCUT2D eigenvalue weighted by Crippen LogP contribution is -2.61. The molecular weight excluding hydrogens is 402 g/mol. The third kappa shape index (κ3) is 3.66. The maximum atomic E-state index is 13.8. The van der Waals surface area contributed by atoms with Gasteiger partial charge in [-0.05, 0) is 101 Å². The Bertz CT molecular complexity index is 780. The molecule has 0 aromatic carbocycles. The molecule has 6 heteroatoms. The zero-order chi connectivity index (χ0) is 23.4. The molecule has 1 aliphatic heterocycles. The summed E-state index contributed by atoms with van der Waals surface area (Å²) in [5, 5.41) is 6.23. The first-order valence-corrected chi connectivity index (χ1v) is 12.9. The van der Waals surface area contributed by atoms with Crippen molar-refractivity contribution in [1.82, 2.24) is 15.5 Å². The van der Waals surface area contributed by atoms with E-state index in [-0.39, 0.29) is 46.7 Å². The van der Waals surface area contributed by atoms with Gasteiger partial charge in [0.1, 0.15) is 0 Å². The summed E-state index contributed by atoms with van der Waals surface area (Å²) in [5.74, 6) is 1.94. The predicted molar refractivity (Wildman–Crippen MR) is 125 cm³/mol. The average molecular weight is 446 g/mol. The molecule has 7 atom stereocenters. The summed E-state index contributed by atoms with van der Waals surface area (Å²) in [6, 6.07) is -0.0951. The molecule has 32 heavy (non-hydrogen) atoms. The molecule has 180 valence electrons. The normalized spacial score (nSPS) is 40.9. The van der Waals surface area contributed by atoms with E-state index in [4.69, 9.17) is 0 Å². The van der Waals surface area contributed by atoms with Crippen LogP contribution in [0, 0.1) is 34.5 Å². The monoisotopic (exact) mass is 445 g/mol. The van der Waals surface area contributed by atoms with Crippen molar-refractivity contribution in [3.63, 3.8) is 0 Å². The summed E-state index contributed by atoms with van der Waals surface area (Å²) in [7, 11) is 0. The Balaban J connectivity index is 1.55. The summed E-state index contributed by atoms with van der Waals surface area (Å²) >= 11 is 0. The highest BCUT2D eigenvalue weighted by molar-refractivity contribution is 5.96. The Morgan fingerprint density at radius 2 is 1.66 bits per heavy atom. The maximum absolute atomic E-state index is 13.8. The topological polar surface area (TPSA) is 78.5 Å². The van der Waals surface area contributed by atoms with E-state index in [0.717, 1.165) is 44.9 Å². The van der Waals surface area contributed by atoms with Crippen LogP contribution >= 0.6 is 0 Å². The minimum absolute atomic E-state index is 0.00538. The molecule has 1 saturated heterocycles. The molecule has 2 N–H and O–H groups in total. The minimum Gasteiger partial charge on any atom is -0.353 e. The first-order valence-electron chi connectivity index (χ1n) is 12.9. The quantitative estimate of drug-likeness (QED) is 0.672. The highest BCUT2D eigenvalue weighted by Gasteiger charge is 2.62. The number of carbonyl (C=O) groups is 3. The zero-order valence-corrected chi connectivity index (χ0v) is 20.9. The minimum atomic E-state index is -0.258.